The second kappa shape index (κ2) is 10.9. The number of hydrazone groups is 1. The summed E-state index contributed by atoms with van der Waals surface area (Å²) >= 11 is 1.81. The first-order chi connectivity index (χ1) is 17.9. The van der Waals surface area contributed by atoms with Crippen LogP contribution in [0.15, 0.2) is 59.7 Å². The van der Waals surface area contributed by atoms with Crippen LogP contribution in [0.5, 0.6) is 11.5 Å². The quantitative estimate of drug-likeness (QED) is 0.425. The van der Waals surface area contributed by atoms with E-state index in [-0.39, 0.29) is 17.7 Å². The fraction of sp³-hybridized carbons (Fsp3) is 0.429. The van der Waals surface area contributed by atoms with E-state index >= 15 is 0 Å². The predicted molar refractivity (Wildman–Crippen MR) is 143 cm³/mol. The molecule has 0 unspecified atom stereocenters. The van der Waals surface area contributed by atoms with Gasteiger partial charge in [-0.25, -0.2) is 9.91 Å². The van der Waals surface area contributed by atoms with E-state index in [9.17, 15) is 15.0 Å². The number of methoxy groups -OCH3 is 2. The molecular formula is C28H33N3O5S. The number of aliphatic hydroxyl groups is 2. The zero-order valence-corrected chi connectivity index (χ0v) is 22.0. The van der Waals surface area contributed by atoms with E-state index in [4.69, 9.17) is 14.6 Å². The van der Waals surface area contributed by atoms with Crippen LogP contribution in [0.3, 0.4) is 0 Å². The Balaban J connectivity index is 1.41. The van der Waals surface area contributed by atoms with Crippen molar-refractivity contribution in [3.63, 3.8) is 0 Å². The van der Waals surface area contributed by atoms with E-state index in [0.29, 0.717) is 43.1 Å². The molecule has 0 bridgehead atoms. The Morgan fingerprint density at radius 1 is 0.973 bits per heavy atom. The van der Waals surface area contributed by atoms with Crippen LogP contribution in [0, 0.1) is 11.8 Å². The number of benzene rings is 2. The molecule has 196 valence electrons. The van der Waals surface area contributed by atoms with Gasteiger partial charge in [-0.2, -0.15) is 16.9 Å². The summed E-state index contributed by atoms with van der Waals surface area (Å²) in [6.07, 6.45) is 5.63. The Kier molecular flexibility index (Phi) is 7.57. The van der Waals surface area contributed by atoms with Crippen molar-refractivity contribution in [1.82, 2.24) is 9.91 Å². The fourth-order valence-electron chi connectivity index (χ4n) is 5.28. The first-order valence-electron chi connectivity index (χ1n) is 12.6. The monoisotopic (exact) mass is 523 g/mol. The predicted octanol–water partition coefficient (Wildman–Crippen LogP) is 3.18. The fourth-order valence-corrected chi connectivity index (χ4v) is 6.18. The van der Waals surface area contributed by atoms with Gasteiger partial charge in [-0.05, 0) is 36.6 Å². The van der Waals surface area contributed by atoms with E-state index in [1.165, 1.54) is 0 Å². The molecule has 3 aliphatic rings. The van der Waals surface area contributed by atoms with Crippen molar-refractivity contribution < 1.29 is 24.5 Å². The molecule has 1 amide bonds. The standard InChI is InChI=1S/C28H33N3O5S/c1-35-24-12-9-20(17-25(24)36-2)26-22-5-3-4-6-23(22)27(32)31(29-26)18-19-7-10-21(11-8-19)28(33,34)30-13-15-37-16-14-30/h3-4,7-12,17,22-23,33-34H,5-6,13-16,18H2,1-2H3/t22-,23+/m0/s1. The van der Waals surface area contributed by atoms with Gasteiger partial charge in [-0.15, -0.1) is 0 Å². The van der Waals surface area contributed by atoms with Gasteiger partial charge in [0.25, 0.3) is 5.91 Å². The lowest BCUT2D eigenvalue weighted by Crippen LogP contribution is -2.49. The topological polar surface area (TPSA) is 94.8 Å². The first kappa shape index (κ1) is 25.8. The number of rotatable bonds is 7. The number of hydrogen-bond donors (Lipinski definition) is 2. The van der Waals surface area contributed by atoms with Crippen molar-refractivity contribution in [3.8, 4) is 11.5 Å². The Morgan fingerprint density at radius 3 is 2.32 bits per heavy atom. The average molecular weight is 524 g/mol. The third-order valence-electron chi connectivity index (χ3n) is 7.39. The Hall–Kier alpha value is -2.85. The van der Waals surface area contributed by atoms with E-state index in [1.807, 2.05) is 42.1 Å². The largest absolute Gasteiger partial charge is 0.493 e. The first-order valence-corrected chi connectivity index (χ1v) is 13.7. The van der Waals surface area contributed by atoms with Crippen LogP contribution in [0.4, 0.5) is 0 Å². The molecule has 2 aromatic rings. The molecule has 1 fully saturated rings. The van der Waals surface area contributed by atoms with Crippen LogP contribution >= 0.6 is 11.8 Å². The second-order valence-electron chi connectivity index (χ2n) is 9.54. The number of carbonyl (C=O) groups is 1. The van der Waals surface area contributed by atoms with Gasteiger partial charge in [0, 0.05) is 41.6 Å². The highest BCUT2D eigenvalue weighted by Crippen LogP contribution is 2.37. The molecule has 9 heteroatoms. The summed E-state index contributed by atoms with van der Waals surface area (Å²) in [7, 11) is 3.21. The Morgan fingerprint density at radius 2 is 1.65 bits per heavy atom. The average Bonchev–Trinajstić information content (AvgIpc) is 2.95. The highest BCUT2D eigenvalue weighted by molar-refractivity contribution is 7.99. The minimum absolute atomic E-state index is 0.00123. The van der Waals surface area contributed by atoms with E-state index < -0.39 is 5.91 Å². The van der Waals surface area contributed by atoms with E-state index in [0.717, 1.165) is 34.8 Å². The number of thioether (sulfide) groups is 1. The minimum atomic E-state index is -2.01. The highest BCUT2D eigenvalue weighted by atomic mass is 32.2. The minimum Gasteiger partial charge on any atom is -0.493 e. The Bertz CT molecular complexity index is 1190. The van der Waals surface area contributed by atoms with Crippen molar-refractivity contribution in [1.29, 1.82) is 0 Å². The Labute approximate surface area is 221 Å². The second-order valence-corrected chi connectivity index (χ2v) is 10.8. The molecule has 8 nitrogen and oxygen atoms in total. The molecule has 2 atom stereocenters. The summed E-state index contributed by atoms with van der Waals surface area (Å²) < 4.78 is 10.9. The smallest absolute Gasteiger partial charge is 0.253 e. The zero-order valence-electron chi connectivity index (χ0n) is 21.2. The molecule has 37 heavy (non-hydrogen) atoms. The molecule has 0 aromatic heterocycles. The normalized spacial score (nSPS) is 22.4. The number of carbonyl (C=O) groups excluding carboxylic acids is 1. The number of allylic oxidation sites excluding steroid dienone is 2. The molecule has 2 heterocycles. The van der Waals surface area contributed by atoms with Gasteiger partial charge in [-0.3, -0.25) is 4.79 Å². The number of hydrogen-bond acceptors (Lipinski definition) is 8. The molecule has 0 radical (unpaired) electrons. The van der Waals surface area contributed by atoms with Crippen molar-refractivity contribution in [2.75, 3.05) is 38.8 Å². The lowest BCUT2D eigenvalue weighted by molar-refractivity contribution is -0.273. The maximum atomic E-state index is 13.4. The van der Waals surface area contributed by atoms with Crippen molar-refractivity contribution in [2.24, 2.45) is 16.9 Å². The van der Waals surface area contributed by atoms with Crippen LogP contribution < -0.4 is 9.47 Å². The SMILES string of the molecule is COc1ccc(C2=NN(Cc3ccc(C(O)(O)N4CCSCC4)cc3)C(=O)[C@@H]3CC=CC[C@H]23)cc1OC. The summed E-state index contributed by atoms with van der Waals surface area (Å²) in [5.74, 6) is 0.820. The van der Waals surface area contributed by atoms with Crippen LogP contribution in [0.1, 0.15) is 29.5 Å². The van der Waals surface area contributed by atoms with Gasteiger partial charge in [0.2, 0.25) is 5.91 Å². The number of amides is 1. The van der Waals surface area contributed by atoms with E-state index in [2.05, 4.69) is 12.2 Å². The zero-order chi connectivity index (χ0) is 26.0. The molecular weight excluding hydrogens is 490 g/mol. The highest BCUT2D eigenvalue weighted by Gasteiger charge is 2.40. The van der Waals surface area contributed by atoms with Gasteiger partial charge in [0.05, 0.1) is 32.4 Å². The molecule has 2 aromatic carbocycles. The lowest BCUT2D eigenvalue weighted by atomic mass is 9.76. The van der Waals surface area contributed by atoms with Crippen molar-refractivity contribution >= 4 is 23.4 Å². The summed E-state index contributed by atoms with van der Waals surface area (Å²) in [6, 6.07) is 12.8. The molecule has 2 aliphatic heterocycles. The summed E-state index contributed by atoms with van der Waals surface area (Å²) in [5, 5.41) is 28.0. The molecule has 0 saturated carbocycles. The number of fused-ring (bicyclic) bond motifs is 1. The van der Waals surface area contributed by atoms with E-state index in [1.54, 1.807) is 36.3 Å². The van der Waals surface area contributed by atoms with Gasteiger partial charge in [0.15, 0.2) is 11.5 Å². The third kappa shape index (κ3) is 5.13. The van der Waals surface area contributed by atoms with Crippen LogP contribution in [0.2, 0.25) is 0 Å². The molecule has 1 saturated heterocycles. The molecule has 2 N–H and O–H groups in total. The lowest BCUT2D eigenvalue weighted by Gasteiger charge is -2.38. The van der Waals surface area contributed by atoms with Crippen LogP contribution in [-0.2, 0) is 17.3 Å². The van der Waals surface area contributed by atoms with Crippen molar-refractivity contribution in [2.45, 2.75) is 25.3 Å². The maximum absolute atomic E-state index is 13.4. The maximum Gasteiger partial charge on any atom is 0.253 e. The van der Waals surface area contributed by atoms with Gasteiger partial charge in [0.1, 0.15) is 0 Å². The van der Waals surface area contributed by atoms with Crippen LogP contribution in [-0.4, -0.2) is 70.6 Å². The summed E-state index contributed by atoms with van der Waals surface area (Å²) in [4.78, 5) is 15.1. The number of nitrogens with zero attached hydrogens (tertiary/aromatic N) is 3. The van der Waals surface area contributed by atoms with Gasteiger partial charge >= 0.3 is 0 Å². The third-order valence-corrected chi connectivity index (χ3v) is 8.33. The van der Waals surface area contributed by atoms with Crippen LogP contribution in [0.25, 0.3) is 0 Å². The molecule has 0 spiro atoms. The molecule has 5 rings (SSSR count). The summed E-state index contributed by atoms with van der Waals surface area (Å²) in [5.41, 5.74) is 3.04. The van der Waals surface area contributed by atoms with Crippen molar-refractivity contribution in [3.05, 3.63) is 71.3 Å². The molecule has 1 aliphatic carbocycles. The van der Waals surface area contributed by atoms with Gasteiger partial charge < -0.3 is 19.7 Å². The summed E-state index contributed by atoms with van der Waals surface area (Å²) in [6.45, 7) is 1.53. The number of ether oxygens (including phenoxy) is 2. The van der Waals surface area contributed by atoms with Gasteiger partial charge in [-0.1, -0.05) is 36.4 Å².